The Hall–Kier alpha value is 0.260. The molecule has 0 rings (SSSR count). The highest BCUT2D eigenvalue weighted by Gasteiger charge is 1.99. The molecule has 11 heavy (non-hydrogen) atoms. The van der Waals surface area contributed by atoms with Gasteiger partial charge in [-0.15, -0.1) is 23.5 Å². The summed E-state index contributed by atoms with van der Waals surface area (Å²) in [5, 5.41) is 8.29. The number of hydrogen-bond donors (Lipinski definition) is 1. The molecular formula is C6H10O2S3. The summed E-state index contributed by atoms with van der Waals surface area (Å²) >= 11 is 7.97. The van der Waals surface area contributed by atoms with Gasteiger partial charge in [-0.3, -0.25) is 4.79 Å². The molecule has 2 nitrogen and oxygen atoms in total. The van der Waals surface area contributed by atoms with Crippen LogP contribution < -0.4 is 0 Å². The van der Waals surface area contributed by atoms with Crippen LogP contribution in [0, 0.1) is 0 Å². The number of rotatable bonds is 4. The molecule has 0 bridgehead atoms. The minimum atomic E-state index is -0.762. The minimum absolute atomic E-state index is 0.190. The molecule has 0 aromatic heterocycles. The van der Waals surface area contributed by atoms with Crippen LogP contribution in [-0.4, -0.2) is 26.1 Å². The first-order chi connectivity index (χ1) is 5.16. The van der Waals surface area contributed by atoms with Crippen molar-refractivity contribution < 1.29 is 9.90 Å². The maximum absolute atomic E-state index is 10.1. The molecule has 5 heteroatoms. The molecule has 64 valence electrons. The summed E-state index contributed by atoms with van der Waals surface area (Å²) in [5.74, 6) is 0.780. The molecule has 0 saturated carbocycles. The second kappa shape index (κ2) is 6.94. The fraction of sp³-hybridized carbons (Fsp3) is 0.667. The molecule has 0 spiro atoms. The Kier molecular flexibility index (Phi) is 7.10. The van der Waals surface area contributed by atoms with Crippen molar-refractivity contribution in [2.75, 3.05) is 11.5 Å². The number of thiocarbonyl (C=S) groups is 1. The molecule has 0 amide bonds. The molecule has 0 atom stereocenters. The molecule has 0 aromatic rings. The second-order valence-corrected chi connectivity index (χ2v) is 5.24. The van der Waals surface area contributed by atoms with E-state index in [1.54, 1.807) is 11.8 Å². The van der Waals surface area contributed by atoms with Crippen LogP contribution in [0.4, 0.5) is 0 Å². The standard InChI is InChI=1S/C6H10O2S3/c1-2-10-6(9)11-4-3-5(7)8/h2-4H2,1H3,(H,7,8). The molecule has 0 aliphatic rings. The Morgan fingerprint density at radius 3 is 2.64 bits per heavy atom. The molecule has 0 aliphatic carbocycles. The van der Waals surface area contributed by atoms with Crippen LogP contribution >= 0.6 is 35.7 Å². The maximum atomic E-state index is 10.1. The summed E-state index contributed by atoms with van der Waals surface area (Å²) in [4.78, 5) is 10.1. The zero-order valence-corrected chi connectivity index (χ0v) is 8.65. The quantitative estimate of drug-likeness (QED) is 0.720. The Balaban J connectivity index is 3.24. The Morgan fingerprint density at radius 1 is 1.55 bits per heavy atom. The summed E-state index contributed by atoms with van der Waals surface area (Å²) in [7, 11) is 0. The van der Waals surface area contributed by atoms with E-state index >= 15 is 0 Å². The minimum Gasteiger partial charge on any atom is -0.481 e. The first kappa shape index (κ1) is 11.3. The smallest absolute Gasteiger partial charge is 0.304 e. The summed E-state index contributed by atoms with van der Waals surface area (Å²) in [6.45, 7) is 2.02. The van der Waals surface area contributed by atoms with Crippen LogP contribution in [0.1, 0.15) is 13.3 Å². The molecule has 0 fully saturated rings. The third-order valence-electron chi connectivity index (χ3n) is 0.798. The molecule has 0 unspecified atom stereocenters. The van der Waals surface area contributed by atoms with Gasteiger partial charge in [-0.25, -0.2) is 0 Å². The monoisotopic (exact) mass is 210 g/mol. The van der Waals surface area contributed by atoms with E-state index in [-0.39, 0.29) is 6.42 Å². The lowest BCUT2D eigenvalue weighted by molar-refractivity contribution is -0.136. The number of hydrogen-bond acceptors (Lipinski definition) is 4. The van der Waals surface area contributed by atoms with E-state index in [9.17, 15) is 4.79 Å². The normalized spacial score (nSPS) is 9.55. The van der Waals surface area contributed by atoms with Crippen LogP contribution in [0.2, 0.25) is 0 Å². The summed E-state index contributed by atoms with van der Waals surface area (Å²) < 4.78 is 0.841. The summed E-state index contributed by atoms with van der Waals surface area (Å²) in [6.07, 6.45) is 0.190. The van der Waals surface area contributed by atoms with Crippen molar-refractivity contribution in [1.29, 1.82) is 0 Å². The van der Waals surface area contributed by atoms with E-state index in [1.165, 1.54) is 11.8 Å². The highest BCUT2D eigenvalue weighted by molar-refractivity contribution is 8.47. The van der Waals surface area contributed by atoms with Crippen LogP contribution in [-0.2, 0) is 4.79 Å². The van der Waals surface area contributed by atoms with E-state index in [0.717, 1.165) is 9.28 Å². The van der Waals surface area contributed by atoms with Gasteiger partial charge in [0.1, 0.15) is 3.53 Å². The van der Waals surface area contributed by atoms with Gasteiger partial charge in [0.25, 0.3) is 0 Å². The van der Waals surface area contributed by atoms with Gasteiger partial charge in [-0.2, -0.15) is 0 Å². The lowest BCUT2D eigenvalue weighted by atomic mass is 10.5. The lowest BCUT2D eigenvalue weighted by Crippen LogP contribution is -1.97. The zero-order valence-electron chi connectivity index (χ0n) is 6.20. The fourth-order valence-electron chi connectivity index (χ4n) is 0.381. The number of carbonyl (C=O) groups is 1. The molecule has 0 saturated heterocycles. The van der Waals surface area contributed by atoms with Crippen LogP contribution in [0.3, 0.4) is 0 Å². The van der Waals surface area contributed by atoms with Crippen molar-refractivity contribution in [3.05, 3.63) is 0 Å². The van der Waals surface area contributed by atoms with Crippen molar-refractivity contribution in [1.82, 2.24) is 0 Å². The van der Waals surface area contributed by atoms with Crippen molar-refractivity contribution >= 4 is 45.2 Å². The van der Waals surface area contributed by atoms with Crippen molar-refractivity contribution in [2.45, 2.75) is 13.3 Å². The van der Waals surface area contributed by atoms with Crippen molar-refractivity contribution in [3.8, 4) is 0 Å². The summed E-state index contributed by atoms with van der Waals surface area (Å²) in [6, 6.07) is 0. The van der Waals surface area contributed by atoms with Gasteiger partial charge in [-0.1, -0.05) is 19.1 Å². The molecular weight excluding hydrogens is 200 g/mol. The Morgan fingerprint density at radius 2 is 2.18 bits per heavy atom. The number of carboxylic acids is 1. The molecule has 0 heterocycles. The van der Waals surface area contributed by atoms with E-state index in [0.29, 0.717) is 5.75 Å². The van der Waals surface area contributed by atoms with E-state index in [1.807, 2.05) is 6.92 Å². The highest BCUT2D eigenvalue weighted by Crippen LogP contribution is 2.17. The zero-order chi connectivity index (χ0) is 8.69. The topological polar surface area (TPSA) is 37.3 Å². The van der Waals surface area contributed by atoms with Gasteiger partial charge in [-0.05, 0) is 5.75 Å². The highest BCUT2D eigenvalue weighted by atomic mass is 32.2. The van der Waals surface area contributed by atoms with E-state index in [2.05, 4.69) is 0 Å². The molecule has 0 aliphatic heterocycles. The maximum Gasteiger partial charge on any atom is 0.304 e. The van der Waals surface area contributed by atoms with E-state index in [4.69, 9.17) is 17.3 Å². The van der Waals surface area contributed by atoms with Crippen molar-refractivity contribution in [2.24, 2.45) is 0 Å². The number of aliphatic carboxylic acids is 1. The van der Waals surface area contributed by atoms with Gasteiger partial charge in [0.2, 0.25) is 0 Å². The SMILES string of the molecule is CCSC(=S)SCCC(=O)O. The second-order valence-electron chi connectivity index (χ2n) is 1.68. The summed E-state index contributed by atoms with van der Waals surface area (Å²) in [5.41, 5.74) is 0. The van der Waals surface area contributed by atoms with Gasteiger partial charge in [0.15, 0.2) is 0 Å². The van der Waals surface area contributed by atoms with Crippen molar-refractivity contribution in [3.63, 3.8) is 0 Å². The Labute approximate surface area is 80.1 Å². The third-order valence-corrected chi connectivity index (χ3v) is 3.38. The van der Waals surface area contributed by atoms with Gasteiger partial charge >= 0.3 is 5.97 Å². The van der Waals surface area contributed by atoms with E-state index < -0.39 is 5.97 Å². The fourth-order valence-corrected chi connectivity index (χ4v) is 2.60. The van der Waals surface area contributed by atoms with Gasteiger partial charge < -0.3 is 5.11 Å². The van der Waals surface area contributed by atoms with Gasteiger partial charge in [0.05, 0.1) is 6.42 Å². The van der Waals surface area contributed by atoms with Crippen LogP contribution in [0.15, 0.2) is 0 Å². The third kappa shape index (κ3) is 8.16. The average molecular weight is 210 g/mol. The van der Waals surface area contributed by atoms with Crippen LogP contribution in [0.5, 0.6) is 0 Å². The lowest BCUT2D eigenvalue weighted by Gasteiger charge is -1.97. The van der Waals surface area contributed by atoms with Crippen LogP contribution in [0.25, 0.3) is 0 Å². The molecule has 0 aromatic carbocycles. The Bertz CT molecular complexity index is 147. The number of thioether (sulfide) groups is 2. The molecule has 0 radical (unpaired) electrons. The number of carboxylic acid groups (broad SMARTS) is 1. The van der Waals surface area contributed by atoms with Gasteiger partial charge in [0, 0.05) is 5.75 Å². The molecule has 1 N–H and O–H groups in total. The first-order valence-corrected chi connectivity index (χ1v) is 5.56. The predicted molar refractivity (Wildman–Crippen MR) is 55.4 cm³/mol. The average Bonchev–Trinajstić information content (AvgIpc) is 1.87. The largest absolute Gasteiger partial charge is 0.481 e. The first-order valence-electron chi connectivity index (χ1n) is 3.18. The predicted octanol–water partition coefficient (Wildman–Crippen LogP) is 2.23.